The Morgan fingerprint density at radius 2 is 1.80 bits per heavy atom. The lowest BCUT2D eigenvalue weighted by Gasteiger charge is -2.22. The Morgan fingerprint density at radius 3 is 2.43 bits per heavy atom. The Kier molecular flexibility index (Phi) is 6.31. The normalized spacial score (nSPS) is 12.3. The molecule has 3 rings (SSSR count). The Morgan fingerprint density at radius 1 is 1.13 bits per heavy atom. The molecule has 0 aliphatic rings. The van der Waals surface area contributed by atoms with Crippen LogP contribution in [0, 0.1) is 6.92 Å². The summed E-state index contributed by atoms with van der Waals surface area (Å²) in [6, 6.07) is 7.59. The molecule has 0 saturated heterocycles. The van der Waals surface area contributed by atoms with Gasteiger partial charge in [-0.1, -0.05) is 18.2 Å². The van der Waals surface area contributed by atoms with Crippen LogP contribution in [0.5, 0.6) is 5.75 Å². The standard InChI is InChI=1S/C21H29N5O4/c1-6-25(7-2)20-22-18-17(19(28)24(5)21(29)23(18)4)26(20)12-15(27)13-30-16-11-9-8-10-14(16)3/h8-11,15,27H,6-7,12-13H2,1-5H3/t15-/m0/s1. The van der Waals surface area contributed by atoms with Crippen molar-refractivity contribution in [2.75, 3.05) is 24.6 Å². The van der Waals surface area contributed by atoms with Crippen molar-refractivity contribution < 1.29 is 9.84 Å². The van der Waals surface area contributed by atoms with Crippen molar-refractivity contribution >= 4 is 17.1 Å². The Hall–Kier alpha value is -3.07. The monoisotopic (exact) mass is 415 g/mol. The molecule has 0 aliphatic heterocycles. The predicted molar refractivity (Wildman–Crippen MR) is 116 cm³/mol. The van der Waals surface area contributed by atoms with Gasteiger partial charge in [-0.3, -0.25) is 13.9 Å². The molecule has 0 saturated carbocycles. The maximum atomic E-state index is 12.9. The zero-order valence-corrected chi connectivity index (χ0v) is 18.1. The smallest absolute Gasteiger partial charge is 0.332 e. The number of aliphatic hydroxyl groups excluding tert-OH is 1. The van der Waals surface area contributed by atoms with Gasteiger partial charge in [-0.25, -0.2) is 4.79 Å². The molecular formula is C21H29N5O4. The third kappa shape index (κ3) is 3.85. The molecule has 162 valence electrons. The molecule has 0 unspecified atom stereocenters. The van der Waals surface area contributed by atoms with Gasteiger partial charge in [0.1, 0.15) is 18.5 Å². The Balaban J connectivity index is 2.02. The lowest BCUT2D eigenvalue weighted by atomic mass is 10.2. The highest BCUT2D eigenvalue weighted by Crippen LogP contribution is 2.21. The van der Waals surface area contributed by atoms with Crippen LogP contribution in [0.15, 0.2) is 33.9 Å². The number of aliphatic hydroxyl groups is 1. The minimum absolute atomic E-state index is 0.0638. The largest absolute Gasteiger partial charge is 0.491 e. The fourth-order valence-electron chi connectivity index (χ4n) is 3.52. The summed E-state index contributed by atoms with van der Waals surface area (Å²) < 4.78 is 9.88. The van der Waals surface area contributed by atoms with E-state index >= 15 is 0 Å². The highest BCUT2D eigenvalue weighted by Gasteiger charge is 2.23. The highest BCUT2D eigenvalue weighted by molar-refractivity contribution is 5.74. The lowest BCUT2D eigenvalue weighted by Crippen LogP contribution is -2.38. The van der Waals surface area contributed by atoms with Gasteiger partial charge in [-0.15, -0.1) is 0 Å². The van der Waals surface area contributed by atoms with E-state index in [1.54, 1.807) is 11.6 Å². The van der Waals surface area contributed by atoms with Crippen LogP contribution in [0.25, 0.3) is 11.2 Å². The third-order valence-corrected chi connectivity index (χ3v) is 5.29. The van der Waals surface area contributed by atoms with Gasteiger partial charge in [-0.2, -0.15) is 4.98 Å². The summed E-state index contributed by atoms with van der Waals surface area (Å²) in [6.45, 7) is 7.43. The SMILES string of the molecule is CCN(CC)c1nc2c(c(=O)n(C)c(=O)n2C)n1C[C@H](O)COc1ccccc1C. The molecule has 9 nitrogen and oxygen atoms in total. The van der Waals surface area contributed by atoms with E-state index in [-0.39, 0.29) is 18.7 Å². The molecule has 0 bridgehead atoms. The fourth-order valence-corrected chi connectivity index (χ4v) is 3.52. The van der Waals surface area contributed by atoms with Gasteiger partial charge >= 0.3 is 5.69 Å². The molecule has 9 heteroatoms. The number of rotatable bonds is 8. The molecule has 0 radical (unpaired) electrons. The number of hydrogen-bond donors (Lipinski definition) is 1. The molecule has 1 atom stereocenters. The lowest BCUT2D eigenvalue weighted by molar-refractivity contribution is 0.0933. The van der Waals surface area contributed by atoms with E-state index in [2.05, 4.69) is 4.98 Å². The molecular weight excluding hydrogens is 386 g/mol. The molecule has 2 heterocycles. The predicted octanol–water partition coefficient (Wildman–Crippen LogP) is 1.03. The van der Waals surface area contributed by atoms with Gasteiger partial charge in [0, 0.05) is 27.2 Å². The van der Waals surface area contributed by atoms with Crippen molar-refractivity contribution in [1.29, 1.82) is 0 Å². The van der Waals surface area contributed by atoms with E-state index in [9.17, 15) is 14.7 Å². The number of para-hydroxylation sites is 1. The number of imidazole rings is 1. The van der Waals surface area contributed by atoms with E-state index in [1.165, 1.54) is 11.6 Å². The van der Waals surface area contributed by atoms with Crippen LogP contribution in [-0.2, 0) is 20.6 Å². The van der Waals surface area contributed by atoms with E-state index < -0.39 is 17.4 Å². The summed E-state index contributed by atoms with van der Waals surface area (Å²) in [4.78, 5) is 31.8. The van der Waals surface area contributed by atoms with Crippen molar-refractivity contribution in [3.8, 4) is 5.75 Å². The Bertz CT molecular complexity index is 1160. The first-order chi connectivity index (χ1) is 14.3. The van der Waals surface area contributed by atoms with Crippen LogP contribution in [0.3, 0.4) is 0 Å². The van der Waals surface area contributed by atoms with Crippen LogP contribution >= 0.6 is 0 Å². The quantitative estimate of drug-likeness (QED) is 0.591. The van der Waals surface area contributed by atoms with E-state index in [0.717, 1.165) is 10.1 Å². The number of ether oxygens (including phenoxy) is 1. The van der Waals surface area contributed by atoms with E-state index in [0.29, 0.717) is 30.4 Å². The van der Waals surface area contributed by atoms with Gasteiger partial charge < -0.3 is 19.3 Å². The maximum Gasteiger partial charge on any atom is 0.332 e. The van der Waals surface area contributed by atoms with Crippen LogP contribution in [0.2, 0.25) is 0 Å². The zero-order valence-electron chi connectivity index (χ0n) is 18.1. The summed E-state index contributed by atoms with van der Waals surface area (Å²) in [6.07, 6.45) is -0.877. The fraction of sp³-hybridized carbons (Fsp3) is 0.476. The Labute approximate surface area is 174 Å². The first-order valence-corrected chi connectivity index (χ1v) is 10.1. The first-order valence-electron chi connectivity index (χ1n) is 10.1. The number of anilines is 1. The molecule has 3 aromatic rings. The first kappa shape index (κ1) is 21.6. The van der Waals surface area contributed by atoms with Gasteiger partial charge in [0.05, 0.1) is 6.54 Å². The highest BCUT2D eigenvalue weighted by atomic mass is 16.5. The molecule has 2 aromatic heterocycles. The van der Waals surface area contributed by atoms with Crippen molar-refractivity contribution in [3.63, 3.8) is 0 Å². The summed E-state index contributed by atoms with van der Waals surface area (Å²) in [5, 5.41) is 10.7. The maximum absolute atomic E-state index is 12.9. The van der Waals surface area contributed by atoms with Crippen LogP contribution in [0.4, 0.5) is 5.95 Å². The van der Waals surface area contributed by atoms with Crippen LogP contribution < -0.4 is 20.9 Å². The van der Waals surface area contributed by atoms with Crippen molar-refractivity contribution in [2.24, 2.45) is 14.1 Å². The average Bonchev–Trinajstić information content (AvgIpc) is 3.10. The van der Waals surface area contributed by atoms with Crippen molar-refractivity contribution in [1.82, 2.24) is 18.7 Å². The second-order valence-corrected chi connectivity index (χ2v) is 7.30. The second kappa shape index (κ2) is 8.74. The summed E-state index contributed by atoms with van der Waals surface area (Å²) in [5.74, 6) is 1.25. The molecule has 30 heavy (non-hydrogen) atoms. The van der Waals surface area contributed by atoms with E-state index in [4.69, 9.17) is 4.74 Å². The van der Waals surface area contributed by atoms with E-state index in [1.807, 2.05) is 49.9 Å². The third-order valence-electron chi connectivity index (χ3n) is 5.29. The van der Waals surface area contributed by atoms with Gasteiger partial charge in [-0.05, 0) is 32.4 Å². The van der Waals surface area contributed by atoms with Crippen LogP contribution in [0.1, 0.15) is 19.4 Å². The van der Waals surface area contributed by atoms with Gasteiger partial charge in [0.25, 0.3) is 5.56 Å². The number of hydrogen-bond acceptors (Lipinski definition) is 6. The molecule has 0 aliphatic carbocycles. The molecule has 1 N–H and O–H groups in total. The number of nitrogens with zero attached hydrogens (tertiary/aromatic N) is 5. The summed E-state index contributed by atoms with van der Waals surface area (Å²) in [5.41, 5.74) is 0.691. The summed E-state index contributed by atoms with van der Waals surface area (Å²) >= 11 is 0. The summed E-state index contributed by atoms with van der Waals surface area (Å²) in [7, 11) is 3.03. The zero-order chi connectivity index (χ0) is 22.0. The number of aryl methyl sites for hydroxylation is 2. The minimum Gasteiger partial charge on any atom is -0.491 e. The van der Waals surface area contributed by atoms with Gasteiger partial charge in [0.2, 0.25) is 5.95 Å². The molecule has 1 aromatic carbocycles. The topological polar surface area (TPSA) is 94.5 Å². The number of aromatic nitrogens is 4. The van der Waals surface area contributed by atoms with Crippen molar-refractivity contribution in [2.45, 2.75) is 33.4 Å². The number of benzene rings is 1. The van der Waals surface area contributed by atoms with Crippen LogP contribution in [-0.4, -0.2) is 49.6 Å². The molecule has 0 spiro atoms. The minimum atomic E-state index is -0.877. The average molecular weight is 415 g/mol. The van der Waals surface area contributed by atoms with Crippen molar-refractivity contribution in [3.05, 3.63) is 50.7 Å². The number of fused-ring (bicyclic) bond motifs is 1. The molecule has 0 amide bonds. The second-order valence-electron chi connectivity index (χ2n) is 7.30. The molecule has 0 fully saturated rings. The van der Waals surface area contributed by atoms with Gasteiger partial charge in [0.15, 0.2) is 11.2 Å².